The van der Waals surface area contributed by atoms with Gasteiger partial charge in [-0.05, 0) is 60.5 Å². The van der Waals surface area contributed by atoms with Crippen LogP contribution in [0.15, 0.2) is 58.2 Å². The fourth-order valence-corrected chi connectivity index (χ4v) is 4.69. The minimum absolute atomic E-state index is 0.265. The number of hydrogen-bond donors (Lipinski definition) is 2. The van der Waals surface area contributed by atoms with Crippen LogP contribution in [0.4, 0.5) is 5.69 Å². The monoisotopic (exact) mass is 448 g/mol. The van der Waals surface area contributed by atoms with Crippen LogP contribution in [-0.2, 0) is 16.6 Å². The zero-order chi connectivity index (χ0) is 19.7. The Kier molecular flexibility index (Phi) is 5.50. The van der Waals surface area contributed by atoms with E-state index >= 15 is 0 Å². The third kappa shape index (κ3) is 4.82. The fraction of sp³-hybridized carbons (Fsp3) is 0.263. The summed E-state index contributed by atoms with van der Waals surface area (Å²) >= 11 is 3.39. The van der Waals surface area contributed by atoms with E-state index in [1.54, 1.807) is 30.6 Å². The van der Waals surface area contributed by atoms with E-state index in [0.29, 0.717) is 12.1 Å². The van der Waals surface area contributed by atoms with E-state index in [1.807, 2.05) is 39.0 Å². The van der Waals surface area contributed by atoms with Gasteiger partial charge in [0.15, 0.2) is 0 Å². The van der Waals surface area contributed by atoms with Gasteiger partial charge >= 0.3 is 0 Å². The number of pyridine rings is 2. The van der Waals surface area contributed by atoms with E-state index < -0.39 is 15.6 Å². The summed E-state index contributed by atoms with van der Waals surface area (Å²) in [4.78, 5) is 8.99. The number of nitrogens with one attached hydrogen (secondary N) is 2. The third-order valence-corrected chi connectivity index (χ3v) is 6.01. The van der Waals surface area contributed by atoms with E-state index in [0.717, 1.165) is 21.2 Å². The molecule has 142 valence electrons. The number of nitrogens with zero attached hydrogens (tertiary/aromatic N) is 2. The van der Waals surface area contributed by atoms with E-state index in [2.05, 4.69) is 35.9 Å². The van der Waals surface area contributed by atoms with Crippen molar-refractivity contribution < 1.29 is 8.42 Å². The van der Waals surface area contributed by atoms with Crippen molar-refractivity contribution in [2.24, 2.45) is 0 Å². The molecule has 0 spiro atoms. The molecule has 3 aromatic rings. The van der Waals surface area contributed by atoms with Gasteiger partial charge in [0.2, 0.25) is 10.0 Å². The first kappa shape index (κ1) is 19.7. The Morgan fingerprint density at radius 2 is 1.85 bits per heavy atom. The van der Waals surface area contributed by atoms with Crippen molar-refractivity contribution in [1.82, 2.24) is 14.7 Å². The number of fused-ring (bicyclic) bond motifs is 1. The van der Waals surface area contributed by atoms with Gasteiger partial charge in [0, 0.05) is 29.0 Å². The van der Waals surface area contributed by atoms with Gasteiger partial charge in [0.25, 0.3) is 0 Å². The summed E-state index contributed by atoms with van der Waals surface area (Å²) in [6.45, 7) is 5.80. The Balaban J connectivity index is 1.90. The van der Waals surface area contributed by atoms with Crippen LogP contribution in [0.25, 0.3) is 11.0 Å². The van der Waals surface area contributed by atoms with Crippen LogP contribution in [0.2, 0.25) is 0 Å². The van der Waals surface area contributed by atoms with E-state index in [1.165, 1.54) is 0 Å². The molecule has 0 amide bonds. The molecule has 3 rings (SSSR count). The molecule has 0 aliphatic heterocycles. The molecule has 27 heavy (non-hydrogen) atoms. The predicted molar refractivity (Wildman–Crippen MR) is 111 cm³/mol. The van der Waals surface area contributed by atoms with Crippen LogP contribution in [0.1, 0.15) is 26.3 Å². The summed E-state index contributed by atoms with van der Waals surface area (Å²) < 4.78 is 29.1. The number of halogens is 1. The van der Waals surface area contributed by atoms with Crippen molar-refractivity contribution in [2.75, 3.05) is 5.32 Å². The topological polar surface area (TPSA) is 84.0 Å². The Labute approximate surface area is 167 Å². The Morgan fingerprint density at radius 1 is 1.11 bits per heavy atom. The molecule has 0 saturated heterocycles. The highest BCUT2D eigenvalue weighted by Crippen LogP contribution is 2.24. The SMILES string of the molecule is CC(C)(C)NS(=O)(=O)c1ccccc1CNc1ccnc2cc(Br)cnc12. The second-order valence-electron chi connectivity index (χ2n) is 7.20. The van der Waals surface area contributed by atoms with Crippen LogP contribution in [0.3, 0.4) is 0 Å². The molecule has 0 bridgehead atoms. The van der Waals surface area contributed by atoms with Crippen molar-refractivity contribution in [2.45, 2.75) is 37.8 Å². The number of benzene rings is 1. The highest BCUT2D eigenvalue weighted by molar-refractivity contribution is 9.10. The lowest BCUT2D eigenvalue weighted by atomic mass is 10.1. The summed E-state index contributed by atoms with van der Waals surface area (Å²) in [5.74, 6) is 0. The van der Waals surface area contributed by atoms with Crippen molar-refractivity contribution in [3.05, 3.63) is 58.8 Å². The molecule has 6 nitrogen and oxygen atoms in total. The molecule has 8 heteroatoms. The van der Waals surface area contributed by atoms with Crippen LogP contribution in [0, 0.1) is 0 Å². The lowest BCUT2D eigenvalue weighted by molar-refractivity contribution is 0.491. The van der Waals surface area contributed by atoms with Gasteiger partial charge in [-0.2, -0.15) is 0 Å². The third-order valence-electron chi connectivity index (χ3n) is 3.72. The van der Waals surface area contributed by atoms with E-state index in [-0.39, 0.29) is 4.90 Å². The van der Waals surface area contributed by atoms with Gasteiger partial charge in [-0.3, -0.25) is 9.97 Å². The molecule has 2 heterocycles. The van der Waals surface area contributed by atoms with Crippen LogP contribution < -0.4 is 10.0 Å². The van der Waals surface area contributed by atoms with Gasteiger partial charge in [0.05, 0.1) is 16.1 Å². The molecule has 0 aliphatic carbocycles. The average Bonchev–Trinajstić information content (AvgIpc) is 2.57. The summed E-state index contributed by atoms with van der Waals surface area (Å²) in [6, 6.07) is 10.7. The van der Waals surface area contributed by atoms with Gasteiger partial charge in [-0.15, -0.1) is 0 Å². The lowest BCUT2D eigenvalue weighted by Crippen LogP contribution is -2.40. The quantitative estimate of drug-likeness (QED) is 0.613. The maximum absolute atomic E-state index is 12.8. The lowest BCUT2D eigenvalue weighted by Gasteiger charge is -2.21. The number of sulfonamides is 1. The maximum atomic E-state index is 12.8. The molecule has 0 fully saturated rings. The normalized spacial score (nSPS) is 12.3. The molecule has 1 aromatic carbocycles. The molecule has 2 aromatic heterocycles. The number of hydrogen-bond acceptors (Lipinski definition) is 5. The highest BCUT2D eigenvalue weighted by Gasteiger charge is 2.24. The van der Waals surface area contributed by atoms with Gasteiger partial charge < -0.3 is 5.32 Å². The minimum atomic E-state index is -3.63. The van der Waals surface area contributed by atoms with E-state index in [9.17, 15) is 8.42 Å². The van der Waals surface area contributed by atoms with Crippen LogP contribution >= 0.6 is 15.9 Å². The van der Waals surface area contributed by atoms with E-state index in [4.69, 9.17) is 0 Å². The Morgan fingerprint density at radius 3 is 2.59 bits per heavy atom. The van der Waals surface area contributed by atoms with Crippen molar-refractivity contribution in [3.8, 4) is 0 Å². The van der Waals surface area contributed by atoms with Crippen molar-refractivity contribution in [3.63, 3.8) is 0 Å². The summed E-state index contributed by atoms with van der Waals surface area (Å²) in [5.41, 5.74) is 2.40. The highest BCUT2D eigenvalue weighted by atomic mass is 79.9. The molecule has 0 aliphatic rings. The van der Waals surface area contributed by atoms with Crippen LogP contribution in [-0.4, -0.2) is 23.9 Å². The molecule has 0 atom stereocenters. The number of aromatic nitrogens is 2. The second-order valence-corrected chi connectivity index (χ2v) is 9.76. The summed E-state index contributed by atoms with van der Waals surface area (Å²) in [7, 11) is -3.63. The molecular formula is C19H21BrN4O2S. The first-order valence-electron chi connectivity index (χ1n) is 8.42. The minimum Gasteiger partial charge on any atom is -0.379 e. The zero-order valence-corrected chi connectivity index (χ0v) is 17.7. The summed E-state index contributed by atoms with van der Waals surface area (Å²) in [5, 5.41) is 3.29. The smallest absolute Gasteiger partial charge is 0.241 e. The largest absolute Gasteiger partial charge is 0.379 e. The summed E-state index contributed by atoms with van der Waals surface area (Å²) in [6.07, 6.45) is 3.41. The predicted octanol–water partition coefficient (Wildman–Crippen LogP) is 4.08. The fourth-order valence-electron chi connectivity index (χ4n) is 2.71. The maximum Gasteiger partial charge on any atom is 0.241 e. The van der Waals surface area contributed by atoms with Gasteiger partial charge in [-0.25, -0.2) is 13.1 Å². The standard InChI is InChI=1S/C19H21BrN4O2S/c1-19(2,3)24-27(25,26)17-7-5-4-6-13(17)11-22-15-8-9-21-16-10-14(20)12-23-18(15)16/h4-10,12,24H,11H2,1-3H3,(H,21,22). The zero-order valence-electron chi connectivity index (χ0n) is 15.3. The molecule has 2 N–H and O–H groups in total. The Hall–Kier alpha value is -2.03. The molecule has 0 unspecified atom stereocenters. The van der Waals surface area contributed by atoms with Crippen molar-refractivity contribution >= 4 is 42.7 Å². The van der Waals surface area contributed by atoms with Gasteiger partial charge in [-0.1, -0.05) is 18.2 Å². The molecule has 0 radical (unpaired) electrons. The molecule has 0 saturated carbocycles. The van der Waals surface area contributed by atoms with Crippen molar-refractivity contribution in [1.29, 1.82) is 0 Å². The Bertz CT molecular complexity index is 1080. The van der Waals surface area contributed by atoms with Gasteiger partial charge in [0.1, 0.15) is 5.52 Å². The number of anilines is 1. The van der Waals surface area contributed by atoms with Crippen LogP contribution in [0.5, 0.6) is 0 Å². The first-order valence-corrected chi connectivity index (χ1v) is 10.7. The number of rotatable bonds is 5. The first-order chi connectivity index (χ1) is 12.7. The molecular weight excluding hydrogens is 428 g/mol. The second kappa shape index (κ2) is 7.53. The average molecular weight is 449 g/mol.